The number of carbonyl (C=O) groups is 2. The summed E-state index contributed by atoms with van der Waals surface area (Å²) in [6.07, 6.45) is 2.43. The largest absolute Gasteiger partial charge is 0.494 e. The van der Waals surface area contributed by atoms with Crippen LogP contribution < -0.4 is 9.47 Å². The SMILES string of the molecule is CN1C(=O)N(Cc2ccccn2)C[C@H]1CCOc1ccc(OC(C)(C)C(=O)O)cc1. The number of carboxylic acid groups (broad SMARTS) is 1. The highest BCUT2D eigenvalue weighted by Crippen LogP contribution is 2.23. The molecule has 0 spiro atoms. The van der Waals surface area contributed by atoms with Gasteiger partial charge in [0.15, 0.2) is 5.60 Å². The Hall–Kier alpha value is -3.29. The van der Waals surface area contributed by atoms with Crippen molar-refractivity contribution in [2.45, 2.75) is 38.5 Å². The summed E-state index contributed by atoms with van der Waals surface area (Å²) in [5.74, 6) is 0.0870. The van der Waals surface area contributed by atoms with Crippen LogP contribution in [0.15, 0.2) is 48.7 Å². The molecule has 160 valence electrons. The summed E-state index contributed by atoms with van der Waals surface area (Å²) in [6, 6.07) is 12.6. The molecule has 2 heterocycles. The van der Waals surface area contributed by atoms with Gasteiger partial charge in [-0.1, -0.05) is 6.07 Å². The van der Waals surface area contributed by atoms with Gasteiger partial charge in [-0.05, 0) is 50.2 Å². The lowest BCUT2D eigenvalue weighted by molar-refractivity contribution is -0.152. The summed E-state index contributed by atoms with van der Waals surface area (Å²) in [6.45, 7) is 4.58. The van der Waals surface area contributed by atoms with Gasteiger partial charge in [0.05, 0.1) is 24.9 Å². The van der Waals surface area contributed by atoms with Crippen LogP contribution in [0.25, 0.3) is 0 Å². The maximum atomic E-state index is 12.5. The predicted octanol–water partition coefficient (Wildman–Crippen LogP) is 3.03. The Morgan fingerprint density at radius 1 is 1.20 bits per heavy atom. The van der Waals surface area contributed by atoms with Crippen molar-refractivity contribution >= 4 is 12.0 Å². The van der Waals surface area contributed by atoms with Gasteiger partial charge in [-0.15, -0.1) is 0 Å². The number of pyridine rings is 1. The average molecular weight is 413 g/mol. The van der Waals surface area contributed by atoms with Crippen molar-refractivity contribution in [3.63, 3.8) is 0 Å². The molecule has 0 aliphatic carbocycles. The number of urea groups is 1. The highest BCUT2D eigenvalue weighted by molar-refractivity contribution is 5.77. The normalized spacial score (nSPS) is 16.6. The highest BCUT2D eigenvalue weighted by Gasteiger charge is 2.34. The Balaban J connectivity index is 1.48. The van der Waals surface area contributed by atoms with E-state index in [1.54, 1.807) is 40.3 Å². The molecular weight excluding hydrogens is 386 g/mol. The standard InChI is InChI=1S/C22H27N3O5/c1-22(2,20(26)27)30-19-9-7-18(8-10-19)29-13-11-17-15-25(21(28)24(17)3)14-16-6-4-5-12-23-16/h4-10,12,17H,11,13-15H2,1-3H3,(H,26,27)/t17-/m1/s1. The van der Waals surface area contributed by atoms with Crippen LogP contribution in [0, 0.1) is 0 Å². The van der Waals surface area contributed by atoms with E-state index in [0.717, 1.165) is 5.69 Å². The second-order valence-electron chi connectivity index (χ2n) is 7.77. The van der Waals surface area contributed by atoms with Gasteiger partial charge in [-0.3, -0.25) is 4.98 Å². The number of ether oxygens (including phenoxy) is 2. The predicted molar refractivity (Wildman–Crippen MR) is 110 cm³/mol. The second-order valence-corrected chi connectivity index (χ2v) is 7.77. The molecule has 1 saturated heterocycles. The summed E-state index contributed by atoms with van der Waals surface area (Å²) in [5, 5.41) is 9.13. The number of aromatic nitrogens is 1. The number of amides is 2. The molecule has 0 unspecified atom stereocenters. The van der Waals surface area contributed by atoms with Crippen LogP contribution in [-0.2, 0) is 11.3 Å². The summed E-state index contributed by atoms with van der Waals surface area (Å²) < 4.78 is 11.3. The molecule has 0 saturated carbocycles. The van der Waals surface area contributed by atoms with Crippen molar-refractivity contribution in [3.8, 4) is 11.5 Å². The molecule has 30 heavy (non-hydrogen) atoms. The van der Waals surface area contributed by atoms with Crippen LogP contribution in [0.2, 0.25) is 0 Å². The number of benzene rings is 1. The summed E-state index contributed by atoms with van der Waals surface area (Å²) in [4.78, 5) is 31.5. The lowest BCUT2D eigenvalue weighted by Gasteiger charge is -2.21. The van der Waals surface area contributed by atoms with E-state index in [9.17, 15) is 9.59 Å². The quantitative estimate of drug-likeness (QED) is 0.679. The fourth-order valence-electron chi connectivity index (χ4n) is 3.19. The van der Waals surface area contributed by atoms with E-state index in [-0.39, 0.29) is 12.1 Å². The third-order valence-corrected chi connectivity index (χ3v) is 5.06. The van der Waals surface area contributed by atoms with Crippen molar-refractivity contribution in [3.05, 3.63) is 54.4 Å². The summed E-state index contributed by atoms with van der Waals surface area (Å²) in [5.41, 5.74) is -0.437. The number of rotatable bonds is 9. The third-order valence-electron chi connectivity index (χ3n) is 5.06. The van der Waals surface area contributed by atoms with Crippen molar-refractivity contribution in [1.82, 2.24) is 14.8 Å². The van der Waals surface area contributed by atoms with Crippen LogP contribution in [0.1, 0.15) is 26.0 Å². The Labute approximate surface area is 176 Å². The lowest BCUT2D eigenvalue weighted by Crippen LogP contribution is -2.37. The zero-order valence-corrected chi connectivity index (χ0v) is 17.4. The molecule has 8 nitrogen and oxygen atoms in total. The summed E-state index contributed by atoms with van der Waals surface area (Å²) >= 11 is 0. The second kappa shape index (κ2) is 9.02. The van der Waals surface area contributed by atoms with Crippen molar-refractivity contribution in [2.24, 2.45) is 0 Å². The number of hydrogen-bond donors (Lipinski definition) is 1. The molecule has 1 aliphatic rings. The minimum absolute atomic E-state index is 0.00630. The Morgan fingerprint density at radius 3 is 2.53 bits per heavy atom. The third kappa shape index (κ3) is 5.20. The maximum Gasteiger partial charge on any atom is 0.347 e. The molecule has 1 atom stereocenters. The van der Waals surface area contributed by atoms with Crippen LogP contribution in [0.5, 0.6) is 11.5 Å². The number of carbonyl (C=O) groups excluding carboxylic acids is 1. The molecule has 0 radical (unpaired) electrons. The number of hydrogen-bond acceptors (Lipinski definition) is 5. The smallest absolute Gasteiger partial charge is 0.347 e. The van der Waals surface area contributed by atoms with Gasteiger partial charge in [0, 0.05) is 26.2 Å². The lowest BCUT2D eigenvalue weighted by atomic mass is 10.1. The minimum atomic E-state index is -1.30. The topological polar surface area (TPSA) is 92.2 Å². The first-order valence-corrected chi connectivity index (χ1v) is 9.83. The molecule has 2 aromatic rings. The van der Waals surface area contributed by atoms with Crippen LogP contribution in [-0.4, -0.2) is 63.7 Å². The molecule has 2 amide bonds. The number of likely N-dealkylation sites (N-methyl/N-ethyl adjacent to an activating group) is 1. The molecular formula is C22H27N3O5. The first-order chi connectivity index (χ1) is 14.3. The van der Waals surface area contributed by atoms with Crippen LogP contribution >= 0.6 is 0 Å². The van der Waals surface area contributed by atoms with Gasteiger partial charge < -0.3 is 24.4 Å². The minimum Gasteiger partial charge on any atom is -0.494 e. The monoisotopic (exact) mass is 413 g/mol. The molecule has 0 bridgehead atoms. The zero-order chi connectivity index (χ0) is 21.7. The fraction of sp³-hybridized carbons (Fsp3) is 0.409. The van der Waals surface area contributed by atoms with Crippen LogP contribution in [0.3, 0.4) is 0 Å². The van der Waals surface area contributed by atoms with Gasteiger partial charge in [0.1, 0.15) is 11.5 Å². The summed E-state index contributed by atoms with van der Waals surface area (Å²) in [7, 11) is 1.81. The van der Waals surface area contributed by atoms with E-state index < -0.39 is 11.6 Å². The van der Waals surface area contributed by atoms with Crippen molar-refractivity contribution in [2.75, 3.05) is 20.2 Å². The molecule has 1 fully saturated rings. The number of nitrogens with zero attached hydrogens (tertiary/aromatic N) is 3. The molecule has 1 aliphatic heterocycles. The van der Waals surface area contributed by atoms with E-state index in [1.807, 2.05) is 25.2 Å². The van der Waals surface area contributed by atoms with E-state index in [2.05, 4.69) is 4.98 Å². The van der Waals surface area contributed by atoms with E-state index in [0.29, 0.717) is 37.6 Å². The number of carboxylic acids is 1. The Kier molecular flexibility index (Phi) is 6.44. The van der Waals surface area contributed by atoms with Crippen molar-refractivity contribution < 1.29 is 24.2 Å². The van der Waals surface area contributed by atoms with E-state index >= 15 is 0 Å². The van der Waals surface area contributed by atoms with E-state index in [4.69, 9.17) is 14.6 Å². The molecule has 8 heteroatoms. The molecule has 1 N–H and O–H groups in total. The van der Waals surface area contributed by atoms with Gasteiger partial charge in [-0.2, -0.15) is 0 Å². The van der Waals surface area contributed by atoms with Gasteiger partial charge in [-0.25, -0.2) is 9.59 Å². The van der Waals surface area contributed by atoms with Gasteiger partial charge >= 0.3 is 12.0 Å². The van der Waals surface area contributed by atoms with Crippen molar-refractivity contribution in [1.29, 1.82) is 0 Å². The number of aliphatic carboxylic acids is 1. The van der Waals surface area contributed by atoms with Crippen LogP contribution in [0.4, 0.5) is 4.79 Å². The Bertz CT molecular complexity index is 870. The first kappa shape index (κ1) is 21.4. The molecule has 1 aromatic carbocycles. The molecule has 3 rings (SSSR count). The first-order valence-electron chi connectivity index (χ1n) is 9.83. The van der Waals surface area contributed by atoms with Gasteiger partial charge in [0.2, 0.25) is 0 Å². The van der Waals surface area contributed by atoms with Gasteiger partial charge in [0.25, 0.3) is 0 Å². The average Bonchev–Trinajstić information content (AvgIpc) is 2.98. The van der Waals surface area contributed by atoms with E-state index in [1.165, 1.54) is 13.8 Å². The highest BCUT2D eigenvalue weighted by atomic mass is 16.5. The Morgan fingerprint density at radius 2 is 1.90 bits per heavy atom. The molecule has 1 aromatic heterocycles. The maximum absolute atomic E-state index is 12.5. The fourth-order valence-corrected chi connectivity index (χ4v) is 3.19. The zero-order valence-electron chi connectivity index (χ0n) is 17.4.